The number of carbonyl (C=O) groups is 1. The van der Waals surface area contributed by atoms with Gasteiger partial charge in [-0.3, -0.25) is 10.2 Å². The number of hydrogen-bond donors (Lipinski definition) is 2. The van der Waals surface area contributed by atoms with E-state index in [1.54, 1.807) is 24.1 Å². The van der Waals surface area contributed by atoms with Crippen molar-refractivity contribution in [3.63, 3.8) is 0 Å². The monoisotopic (exact) mass is 414 g/mol. The Hall–Kier alpha value is -1.97. The molecule has 2 N–H and O–H groups in total. The van der Waals surface area contributed by atoms with Crippen LogP contribution in [0.5, 0.6) is 0 Å². The molecule has 1 amide bonds. The molecule has 1 saturated carbocycles. The molecular weight excluding hydrogens is 395 g/mol. The van der Waals surface area contributed by atoms with Crippen molar-refractivity contribution in [1.82, 2.24) is 19.8 Å². The molecule has 0 spiro atoms. The molecule has 7 nitrogen and oxygen atoms in total. The maximum absolute atomic E-state index is 14.3. The average molecular weight is 415 g/mol. The van der Waals surface area contributed by atoms with Gasteiger partial charge in [0.25, 0.3) is 5.91 Å². The average Bonchev–Trinajstić information content (AvgIpc) is 3.26. The number of nitrogens with zero attached hydrogens (tertiary/aromatic N) is 2. The number of sulfonamides is 1. The summed E-state index contributed by atoms with van der Waals surface area (Å²) in [6.07, 6.45) is 6.97. The lowest BCUT2D eigenvalue weighted by Crippen LogP contribution is -2.43. The van der Waals surface area contributed by atoms with Gasteiger partial charge in [-0.05, 0) is 30.9 Å². The standard InChI is InChI=1S/C17H20ClFN4O3S/c1-23-8-15(20-10-23)12-6-13(16(19)14(18)7-12)17(24)21-22-27(25,26)9-11-4-2-3-5-11/h6-8,10-11,22H,2-5,9H2,1H3,(H,21,24). The molecule has 1 heterocycles. The molecule has 1 aliphatic rings. The second kappa shape index (κ2) is 7.95. The van der Waals surface area contributed by atoms with E-state index in [0.717, 1.165) is 25.7 Å². The molecule has 0 bridgehead atoms. The fraction of sp³-hybridized carbons (Fsp3) is 0.412. The molecule has 1 aromatic heterocycles. The first-order chi connectivity index (χ1) is 12.7. The second-order valence-corrected chi connectivity index (χ2v) is 8.91. The number of benzene rings is 1. The normalized spacial score (nSPS) is 15.2. The molecule has 10 heteroatoms. The van der Waals surface area contributed by atoms with Crippen molar-refractivity contribution in [2.75, 3.05) is 5.75 Å². The predicted octanol–water partition coefficient (Wildman–Crippen LogP) is 2.63. The van der Waals surface area contributed by atoms with E-state index in [1.807, 2.05) is 4.83 Å². The molecular formula is C17H20ClFN4O3S. The molecule has 3 rings (SSSR count). The van der Waals surface area contributed by atoms with Gasteiger partial charge in [-0.15, -0.1) is 4.83 Å². The van der Waals surface area contributed by atoms with E-state index >= 15 is 0 Å². The summed E-state index contributed by atoms with van der Waals surface area (Å²) in [5, 5.41) is -0.253. The number of aromatic nitrogens is 2. The summed E-state index contributed by atoms with van der Waals surface area (Å²) in [4.78, 5) is 18.5. The van der Waals surface area contributed by atoms with E-state index in [4.69, 9.17) is 11.6 Å². The highest BCUT2D eigenvalue weighted by molar-refractivity contribution is 7.89. The first-order valence-electron chi connectivity index (χ1n) is 8.52. The maximum Gasteiger partial charge on any atom is 0.269 e. The fourth-order valence-corrected chi connectivity index (χ4v) is 4.69. The van der Waals surface area contributed by atoms with Crippen LogP contribution in [-0.2, 0) is 17.1 Å². The number of halogens is 2. The molecule has 0 radical (unpaired) electrons. The minimum Gasteiger partial charge on any atom is -0.340 e. The molecule has 146 valence electrons. The van der Waals surface area contributed by atoms with E-state index in [-0.39, 0.29) is 22.3 Å². The molecule has 1 aromatic carbocycles. The SMILES string of the molecule is Cn1cnc(-c2cc(Cl)c(F)c(C(=O)NNS(=O)(=O)CC3CCCC3)c2)c1. The molecule has 2 aromatic rings. The Morgan fingerprint density at radius 1 is 1.37 bits per heavy atom. The van der Waals surface area contributed by atoms with Crippen molar-refractivity contribution in [2.24, 2.45) is 13.0 Å². The Bertz CT molecular complexity index is 955. The van der Waals surface area contributed by atoms with Crippen molar-refractivity contribution in [1.29, 1.82) is 0 Å². The number of amides is 1. The molecule has 0 unspecified atom stereocenters. The molecule has 0 atom stereocenters. The minimum atomic E-state index is -3.70. The van der Waals surface area contributed by atoms with Gasteiger partial charge >= 0.3 is 0 Å². The fourth-order valence-electron chi connectivity index (χ4n) is 3.18. The van der Waals surface area contributed by atoms with Gasteiger partial charge in [0.15, 0.2) is 5.82 Å². The van der Waals surface area contributed by atoms with Crippen molar-refractivity contribution < 1.29 is 17.6 Å². The first kappa shape index (κ1) is 19.8. The quantitative estimate of drug-likeness (QED) is 0.710. The number of aryl methyl sites for hydroxylation is 1. The summed E-state index contributed by atoms with van der Waals surface area (Å²) in [5.74, 6) is -1.84. The van der Waals surface area contributed by atoms with Gasteiger partial charge in [0.05, 0.1) is 28.4 Å². The molecule has 1 fully saturated rings. The number of hydrogen-bond acceptors (Lipinski definition) is 4. The van der Waals surface area contributed by atoms with Gasteiger partial charge in [0.2, 0.25) is 10.0 Å². The zero-order valence-electron chi connectivity index (χ0n) is 14.7. The summed E-state index contributed by atoms with van der Waals surface area (Å²) < 4.78 is 40.2. The van der Waals surface area contributed by atoms with Crippen molar-refractivity contribution >= 4 is 27.5 Å². The van der Waals surface area contributed by atoms with Gasteiger partial charge in [-0.25, -0.2) is 17.8 Å². The van der Waals surface area contributed by atoms with E-state index < -0.39 is 21.7 Å². The highest BCUT2D eigenvalue weighted by Crippen LogP contribution is 2.27. The van der Waals surface area contributed by atoms with Crippen molar-refractivity contribution in [3.05, 3.63) is 41.1 Å². The minimum absolute atomic E-state index is 0.0650. The van der Waals surface area contributed by atoms with Crippen LogP contribution in [-0.4, -0.2) is 29.6 Å². The Labute approximate surface area is 162 Å². The third-order valence-electron chi connectivity index (χ3n) is 4.52. The van der Waals surface area contributed by atoms with Gasteiger partial charge in [0, 0.05) is 18.8 Å². The Balaban J connectivity index is 1.74. The van der Waals surface area contributed by atoms with Crippen molar-refractivity contribution in [3.8, 4) is 11.3 Å². The van der Waals surface area contributed by atoms with Crippen LogP contribution in [0.25, 0.3) is 11.3 Å². The Morgan fingerprint density at radius 2 is 2.07 bits per heavy atom. The number of hydrazine groups is 1. The highest BCUT2D eigenvalue weighted by atomic mass is 35.5. The van der Waals surface area contributed by atoms with Crippen molar-refractivity contribution in [2.45, 2.75) is 25.7 Å². The second-order valence-electron chi connectivity index (χ2n) is 6.73. The molecule has 0 aliphatic heterocycles. The van der Waals surface area contributed by atoms with Crippen LogP contribution in [0.1, 0.15) is 36.0 Å². The topological polar surface area (TPSA) is 93.1 Å². The van der Waals surface area contributed by atoms with E-state index in [1.165, 1.54) is 12.1 Å². The third-order valence-corrected chi connectivity index (χ3v) is 6.12. The van der Waals surface area contributed by atoms with Crippen LogP contribution in [0.2, 0.25) is 5.02 Å². The van der Waals surface area contributed by atoms with Gasteiger partial charge in [0.1, 0.15) is 0 Å². The summed E-state index contributed by atoms with van der Waals surface area (Å²) in [6.45, 7) is 0. The Morgan fingerprint density at radius 3 is 2.70 bits per heavy atom. The first-order valence-corrected chi connectivity index (χ1v) is 10.6. The Kier molecular flexibility index (Phi) is 5.83. The van der Waals surface area contributed by atoms with E-state index in [2.05, 4.69) is 10.4 Å². The van der Waals surface area contributed by atoms with E-state index in [9.17, 15) is 17.6 Å². The highest BCUT2D eigenvalue weighted by Gasteiger charge is 2.24. The lowest BCUT2D eigenvalue weighted by atomic mass is 10.1. The number of carbonyl (C=O) groups excluding carboxylic acids is 1. The lowest BCUT2D eigenvalue weighted by Gasteiger charge is -2.13. The molecule has 27 heavy (non-hydrogen) atoms. The van der Waals surface area contributed by atoms with Crippen LogP contribution in [0.4, 0.5) is 4.39 Å². The summed E-state index contributed by atoms with van der Waals surface area (Å²) in [7, 11) is -1.93. The van der Waals surface area contributed by atoms with E-state index in [0.29, 0.717) is 11.3 Å². The molecule has 0 saturated heterocycles. The van der Waals surface area contributed by atoms with Gasteiger partial charge in [-0.1, -0.05) is 24.4 Å². The van der Waals surface area contributed by atoms with Crippen LogP contribution in [0.15, 0.2) is 24.7 Å². The summed E-state index contributed by atoms with van der Waals surface area (Å²) in [5.41, 5.74) is 2.65. The summed E-state index contributed by atoms with van der Waals surface area (Å²) >= 11 is 5.89. The number of imidazole rings is 1. The van der Waals surface area contributed by atoms with Crippen LogP contribution in [0.3, 0.4) is 0 Å². The number of rotatable bonds is 6. The van der Waals surface area contributed by atoms with Crippen LogP contribution < -0.4 is 10.3 Å². The number of nitrogens with one attached hydrogen (secondary N) is 2. The predicted molar refractivity (Wildman–Crippen MR) is 100.0 cm³/mol. The van der Waals surface area contributed by atoms with Crippen LogP contribution >= 0.6 is 11.6 Å². The van der Waals surface area contributed by atoms with Gasteiger partial charge < -0.3 is 4.57 Å². The third kappa shape index (κ3) is 4.85. The smallest absolute Gasteiger partial charge is 0.269 e. The van der Waals surface area contributed by atoms with Crippen LogP contribution in [0, 0.1) is 11.7 Å². The summed E-state index contributed by atoms with van der Waals surface area (Å²) in [6, 6.07) is 2.64. The van der Waals surface area contributed by atoms with Gasteiger partial charge in [-0.2, -0.15) is 0 Å². The zero-order chi connectivity index (χ0) is 19.6. The zero-order valence-corrected chi connectivity index (χ0v) is 16.3. The lowest BCUT2D eigenvalue weighted by molar-refractivity contribution is 0.0941. The molecule has 1 aliphatic carbocycles. The largest absolute Gasteiger partial charge is 0.340 e. The maximum atomic E-state index is 14.3.